The summed E-state index contributed by atoms with van der Waals surface area (Å²) in [6.07, 6.45) is 0. The Morgan fingerprint density at radius 1 is 0.439 bits per heavy atom. The molecule has 0 aliphatic rings. The maximum Gasteiger partial charge on any atom is 0.238 e. The molecular formula is C49H28N6OS. The standard InChI is InChI=1S/C49H28N6OS/c1-3-15-29(16-4-1)42-44-43(33-21-9-12-27-39(33)56-44)51-47(50-42)35-23-14-28-40-41(35)34-22-13-24-36(45(34)57-40)48-52-46(30-17-5-2-6-18-30)53-49(54-48)55-37-25-10-7-19-31(37)32-20-8-11-26-38(32)55/h1-28H. The number of fused-ring (bicyclic) bond motifs is 9. The van der Waals surface area contributed by atoms with Gasteiger partial charge in [0.25, 0.3) is 0 Å². The Labute approximate surface area is 329 Å². The van der Waals surface area contributed by atoms with Crippen LogP contribution in [0, 0.1) is 0 Å². The molecule has 8 heteroatoms. The number of aromatic nitrogens is 6. The lowest BCUT2D eigenvalue weighted by atomic mass is 10.0. The van der Waals surface area contributed by atoms with Gasteiger partial charge in [0, 0.05) is 58.6 Å². The molecule has 0 aliphatic carbocycles. The normalized spacial score (nSPS) is 11.9. The molecule has 0 aliphatic heterocycles. The van der Waals surface area contributed by atoms with Gasteiger partial charge in [0.2, 0.25) is 5.95 Å². The monoisotopic (exact) mass is 748 g/mol. The molecule has 0 saturated heterocycles. The first-order valence-corrected chi connectivity index (χ1v) is 19.6. The van der Waals surface area contributed by atoms with Crippen LogP contribution in [0.4, 0.5) is 0 Å². The lowest BCUT2D eigenvalue weighted by molar-refractivity contribution is 0.667. The third-order valence-electron chi connectivity index (χ3n) is 10.7. The van der Waals surface area contributed by atoms with E-state index in [1.54, 1.807) is 11.3 Å². The third kappa shape index (κ3) is 4.94. The molecule has 0 amide bonds. The number of hydrogen-bond acceptors (Lipinski definition) is 7. The highest BCUT2D eigenvalue weighted by atomic mass is 32.1. The van der Waals surface area contributed by atoms with Gasteiger partial charge in [0.15, 0.2) is 23.1 Å². The maximum atomic E-state index is 6.42. The molecule has 0 atom stereocenters. The van der Waals surface area contributed by atoms with Gasteiger partial charge < -0.3 is 4.42 Å². The van der Waals surface area contributed by atoms with Crippen molar-refractivity contribution in [3.63, 3.8) is 0 Å². The fourth-order valence-electron chi connectivity index (χ4n) is 8.15. The molecule has 0 N–H and O–H groups in total. The zero-order valence-corrected chi connectivity index (χ0v) is 31.0. The minimum atomic E-state index is 0.567. The zero-order valence-electron chi connectivity index (χ0n) is 30.2. The van der Waals surface area contributed by atoms with Crippen LogP contribution < -0.4 is 0 Å². The van der Waals surface area contributed by atoms with E-state index in [0.717, 1.165) is 86.4 Å². The summed E-state index contributed by atoms with van der Waals surface area (Å²) in [5.74, 6) is 2.42. The predicted molar refractivity (Wildman–Crippen MR) is 232 cm³/mol. The summed E-state index contributed by atoms with van der Waals surface area (Å²) in [5.41, 5.74) is 8.87. The lowest BCUT2D eigenvalue weighted by Crippen LogP contribution is -2.06. The van der Waals surface area contributed by atoms with E-state index >= 15 is 0 Å². The van der Waals surface area contributed by atoms with Crippen LogP contribution >= 0.6 is 11.3 Å². The highest BCUT2D eigenvalue weighted by molar-refractivity contribution is 7.26. The van der Waals surface area contributed by atoms with Gasteiger partial charge in [-0.2, -0.15) is 9.97 Å². The van der Waals surface area contributed by atoms with Gasteiger partial charge in [-0.25, -0.2) is 15.0 Å². The number of thiophene rings is 1. The molecule has 12 aromatic rings. The van der Waals surface area contributed by atoms with Crippen molar-refractivity contribution in [3.8, 4) is 51.4 Å². The SMILES string of the molecule is c1ccc(-c2nc(-c3cccc4c3sc3cccc(-c5nc(-c6ccccc6)c6oc7ccccc7c6n5)c34)nc(-n3c4ccccc4c4ccccc43)n2)cc1. The summed E-state index contributed by atoms with van der Waals surface area (Å²) < 4.78 is 10.8. The summed E-state index contributed by atoms with van der Waals surface area (Å²) in [6, 6.07) is 58.0. The Morgan fingerprint density at radius 2 is 1.04 bits per heavy atom. The number of nitrogens with zero attached hydrogens (tertiary/aromatic N) is 6. The van der Waals surface area contributed by atoms with Gasteiger partial charge in [0.05, 0.1) is 11.0 Å². The smallest absolute Gasteiger partial charge is 0.238 e. The summed E-state index contributed by atoms with van der Waals surface area (Å²) in [6.45, 7) is 0. The van der Waals surface area contributed by atoms with Gasteiger partial charge >= 0.3 is 0 Å². The first-order chi connectivity index (χ1) is 28.3. The first kappa shape index (κ1) is 31.8. The van der Waals surface area contributed by atoms with E-state index in [1.807, 2.05) is 66.7 Å². The van der Waals surface area contributed by atoms with Crippen molar-refractivity contribution in [2.24, 2.45) is 0 Å². The molecule has 0 fully saturated rings. The van der Waals surface area contributed by atoms with Crippen LogP contribution in [0.2, 0.25) is 0 Å². The highest BCUT2D eigenvalue weighted by Crippen LogP contribution is 2.44. The topological polar surface area (TPSA) is 82.5 Å². The average Bonchev–Trinajstić information content (AvgIpc) is 3.96. The Hall–Kier alpha value is -7.55. The maximum absolute atomic E-state index is 6.42. The van der Waals surface area contributed by atoms with E-state index in [-0.39, 0.29) is 0 Å². The predicted octanol–water partition coefficient (Wildman–Crippen LogP) is 12.7. The summed E-state index contributed by atoms with van der Waals surface area (Å²) >= 11 is 1.73. The fourth-order valence-corrected chi connectivity index (χ4v) is 9.39. The molecule has 266 valence electrons. The first-order valence-electron chi connectivity index (χ1n) is 18.8. The Kier molecular flexibility index (Phi) is 6.96. The van der Waals surface area contributed by atoms with Crippen molar-refractivity contribution in [3.05, 3.63) is 170 Å². The van der Waals surface area contributed by atoms with Crippen LogP contribution in [-0.4, -0.2) is 29.5 Å². The van der Waals surface area contributed by atoms with Crippen molar-refractivity contribution in [1.29, 1.82) is 0 Å². The van der Waals surface area contributed by atoms with Crippen molar-refractivity contribution in [2.45, 2.75) is 0 Å². The number of hydrogen-bond donors (Lipinski definition) is 0. The number of para-hydroxylation sites is 3. The van der Waals surface area contributed by atoms with Crippen molar-refractivity contribution in [1.82, 2.24) is 29.5 Å². The Balaban J connectivity index is 1.11. The van der Waals surface area contributed by atoms with E-state index in [9.17, 15) is 0 Å². The van der Waals surface area contributed by atoms with E-state index in [2.05, 4.69) is 108 Å². The molecular weight excluding hydrogens is 721 g/mol. The minimum Gasteiger partial charge on any atom is -0.452 e. The fraction of sp³-hybridized carbons (Fsp3) is 0. The van der Waals surface area contributed by atoms with E-state index in [1.165, 1.54) is 0 Å². The quantitative estimate of drug-likeness (QED) is 0.174. The zero-order chi connectivity index (χ0) is 37.5. The molecule has 0 saturated carbocycles. The van der Waals surface area contributed by atoms with Gasteiger partial charge in [-0.1, -0.05) is 133 Å². The number of furan rings is 1. The summed E-state index contributed by atoms with van der Waals surface area (Å²) in [5, 5.41) is 5.43. The van der Waals surface area contributed by atoms with Gasteiger partial charge in [-0.15, -0.1) is 11.3 Å². The minimum absolute atomic E-state index is 0.567. The summed E-state index contributed by atoms with van der Waals surface area (Å²) in [7, 11) is 0. The second kappa shape index (κ2) is 12.5. The molecule has 0 spiro atoms. The van der Waals surface area contributed by atoms with Crippen molar-refractivity contribution in [2.75, 3.05) is 0 Å². The van der Waals surface area contributed by atoms with E-state index in [0.29, 0.717) is 29.0 Å². The molecule has 0 unspecified atom stereocenters. The van der Waals surface area contributed by atoms with E-state index in [4.69, 9.17) is 29.3 Å². The second-order valence-corrected chi connectivity index (χ2v) is 15.1. The van der Waals surface area contributed by atoms with Gasteiger partial charge in [0.1, 0.15) is 16.8 Å². The van der Waals surface area contributed by atoms with Crippen LogP contribution in [0.3, 0.4) is 0 Å². The van der Waals surface area contributed by atoms with Crippen LogP contribution in [0.25, 0.3) is 115 Å². The van der Waals surface area contributed by atoms with Gasteiger partial charge in [-0.3, -0.25) is 4.57 Å². The van der Waals surface area contributed by atoms with Crippen molar-refractivity contribution < 1.29 is 4.42 Å². The molecule has 0 radical (unpaired) electrons. The van der Waals surface area contributed by atoms with Gasteiger partial charge in [-0.05, 0) is 36.4 Å². The highest BCUT2D eigenvalue weighted by Gasteiger charge is 2.23. The van der Waals surface area contributed by atoms with E-state index < -0.39 is 0 Å². The largest absolute Gasteiger partial charge is 0.452 e. The van der Waals surface area contributed by atoms with Crippen LogP contribution in [0.5, 0.6) is 0 Å². The number of rotatable bonds is 5. The Morgan fingerprint density at radius 3 is 1.81 bits per heavy atom. The molecule has 5 aromatic heterocycles. The molecule has 7 nitrogen and oxygen atoms in total. The molecule has 7 aromatic carbocycles. The lowest BCUT2D eigenvalue weighted by Gasteiger charge is -2.11. The molecule has 12 rings (SSSR count). The second-order valence-electron chi connectivity index (χ2n) is 14.0. The Bertz CT molecular complexity index is 3480. The van der Waals surface area contributed by atoms with Crippen molar-refractivity contribution >= 4 is 75.4 Å². The molecule has 57 heavy (non-hydrogen) atoms. The van der Waals surface area contributed by atoms with Crippen LogP contribution in [0.1, 0.15) is 0 Å². The van der Waals surface area contributed by atoms with Crippen LogP contribution in [0.15, 0.2) is 174 Å². The van der Waals surface area contributed by atoms with Crippen LogP contribution in [-0.2, 0) is 0 Å². The average molecular weight is 749 g/mol. The summed E-state index contributed by atoms with van der Waals surface area (Å²) in [4.78, 5) is 26.1. The molecule has 0 bridgehead atoms. The molecule has 5 heterocycles. The number of benzene rings is 7. The third-order valence-corrected chi connectivity index (χ3v) is 11.9.